The van der Waals surface area contributed by atoms with Gasteiger partial charge in [-0.15, -0.1) is 10.2 Å². The normalized spacial score (nSPS) is 11.9. The number of hydrogen-bond donors (Lipinski definition) is 1. The third-order valence-corrected chi connectivity index (χ3v) is 4.22. The van der Waals surface area contributed by atoms with E-state index in [0.29, 0.717) is 29.9 Å². The minimum absolute atomic E-state index is 0.167. The summed E-state index contributed by atoms with van der Waals surface area (Å²) in [4.78, 5) is 16.2. The highest BCUT2D eigenvalue weighted by Gasteiger charge is 2.16. The topological polar surface area (TPSA) is 81.4 Å². The minimum atomic E-state index is -0.443. The standard InChI is InChI=1S/C20H26FN5O2/c1-13-24-25-19-18(23-15-12-14(21)9-10-16(15)26(13)19)22-11-7-5-6-8-17(27)28-20(2,3)4/h9-10,12H,5-8,11H2,1-4H3,(H,22,23). The van der Waals surface area contributed by atoms with E-state index in [1.807, 2.05) is 32.1 Å². The van der Waals surface area contributed by atoms with E-state index in [2.05, 4.69) is 20.5 Å². The van der Waals surface area contributed by atoms with Crippen molar-refractivity contribution in [3.63, 3.8) is 0 Å². The van der Waals surface area contributed by atoms with Gasteiger partial charge in [-0.2, -0.15) is 0 Å². The summed E-state index contributed by atoms with van der Waals surface area (Å²) in [5, 5.41) is 11.6. The van der Waals surface area contributed by atoms with Crippen LogP contribution in [0.15, 0.2) is 18.2 Å². The van der Waals surface area contributed by atoms with Crippen molar-refractivity contribution < 1.29 is 13.9 Å². The fourth-order valence-electron chi connectivity index (χ4n) is 3.04. The van der Waals surface area contributed by atoms with E-state index in [1.165, 1.54) is 12.1 Å². The number of rotatable bonds is 7. The van der Waals surface area contributed by atoms with Crippen molar-refractivity contribution in [2.75, 3.05) is 11.9 Å². The number of nitrogens with zero attached hydrogens (tertiary/aromatic N) is 4. The number of halogens is 1. The Kier molecular flexibility index (Phi) is 5.76. The van der Waals surface area contributed by atoms with Crippen LogP contribution in [0.4, 0.5) is 10.2 Å². The molecule has 7 nitrogen and oxygen atoms in total. The van der Waals surface area contributed by atoms with Crippen LogP contribution in [-0.4, -0.2) is 37.7 Å². The fourth-order valence-corrected chi connectivity index (χ4v) is 3.04. The maximum atomic E-state index is 13.6. The van der Waals surface area contributed by atoms with E-state index in [1.54, 1.807) is 6.07 Å². The number of unbranched alkanes of at least 4 members (excludes halogenated alkanes) is 2. The third-order valence-electron chi connectivity index (χ3n) is 4.22. The lowest BCUT2D eigenvalue weighted by molar-refractivity contribution is -0.154. The number of carbonyl (C=O) groups excluding carboxylic acids is 1. The van der Waals surface area contributed by atoms with Crippen LogP contribution in [0.25, 0.3) is 16.7 Å². The molecule has 0 radical (unpaired) electrons. The second-order valence-electron chi connectivity index (χ2n) is 7.82. The lowest BCUT2D eigenvalue weighted by Crippen LogP contribution is -2.23. The molecule has 0 fully saturated rings. The highest BCUT2D eigenvalue weighted by Crippen LogP contribution is 2.22. The van der Waals surface area contributed by atoms with Crippen LogP contribution in [0.5, 0.6) is 0 Å². The number of esters is 1. The molecule has 8 heteroatoms. The average molecular weight is 387 g/mol. The first-order valence-corrected chi connectivity index (χ1v) is 9.51. The molecule has 1 aromatic carbocycles. The summed E-state index contributed by atoms with van der Waals surface area (Å²) in [7, 11) is 0. The molecule has 3 rings (SSSR count). The van der Waals surface area contributed by atoms with E-state index in [-0.39, 0.29) is 11.8 Å². The van der Waals surface area contributed by atoms with Crippen LogP contribution in [0.2, 0.25) is 0 Å². The molecule has 1 N–H and O–H groups in total. The average Bonchev–Trinajstić information content (AvgIpc) is 2.98. The van der Waals surface area contributed by atoms with Gasteiger partial charge in [0.1, 0.15) is 17.2 Å². The van der Waals surface area contributed by atoms with E-state index in [9.17, 15) is 9.18 Å². The highest BCUT2D eigenvalue weighted by molar-refractivity contribution is 5.83. The predicted molar refractivity (Wildman–Crippen MR) is 106 cm³/mol. The largest absolute Gasteiger partial charge is 0.460 e. The van der Waals surface area contributed by atoms with Gasteiger partial charge in [0.05, 0.1) is 11.0 Å². The molecule has 28 heavy (non-hydrogen) atoms. The van der Waals surface area contributed by atoms with Crippen LogP contribution >= 0.6 is 0 Å². The predicted octanol–water partition coefficient (Wildman–Crippen LogP) is 4.04. The van der Waals surface area contributed by atoms with Crippen LogP contribution in [0, 0.1) is 12.7 Å². The number of hydrogen-bond acceptors (Lipinski definition) is 6. The zero-order valence-electron chi connectivity index (χ0n) is 16.8. The van der Waals surface area contributed by atoms with Crippen molar-refractivity contribution in [1.29, 1.82) is 0 Å². The molecule has 3 aromatic rings. The number of fused-ring (bicyclic) bond motifs is 3. The molecule has 2 heterocycles. The van der Waals surface area contributed by atoms with Crippen LogP contribution in [-0.2, 0) is 9.53 Å². The molecular weight excluding hydrogens is 361 g/mol. The summed E-state index contributed by atoms with van der Waals surface area (Å²) >= 11 is 0. The smallest absolute Gasteiger partial charge is 0.306 e. The second-order valence-corrected chi connectivity index (χ2v) is 7.82. The van der Waals surface area contributed by atoms with E-state index < -0.39 is 5.60 Å². The summed E-state index contributed by atoms with van der Waals surface area (Å²) < 4.78 is 20.8. The number of ether oxygens (including phenoxy) is 1. The molecule has 0 aliphatic carbocycles. The van der Waals surface area contributed by atoms with Crippen molar-refractivity contribution in [2.24, 2.45) is 0 Å². The molecule has 0 aliphatic heterocycles. The molecule has 0 saturated heterocycles. The second kappa shape index (κ2) is 8.08. The molecule has 0 amide bonds. The summed E-state index contributed by atoms with van der Waals surface area (Å²) in [5.41, 5.74) is 1.48. The fraction of sp³-hybridized carbons (Fsp3) is 0.500. The highest BCUT2D eigenvalue weighted by atomic mass is 19.1. The van der Waals surface area contributed by atoms with Gasteiger partial charge >= 0.3 is 5.97 Å². The number of anilines is 1. The molecule has 150 valence electrons. The summed E-state index contributed by atoms with van der Waals surface area (Å²) in [6, 6.07) is 4.49. The molecule has 0 saturated carbocycles. The van der Waals surface area contributed by atoms with Gasteiger partial charge in [0.2, 0.25) is 5.65 Å². The number of carbonyl (C=O) groups is 1. The Labute approximate surface area is 163 Å². The van der Waals surface area contributed by atoms with Crippen LogP contribution in [0.3, 0.4) is 0 Å². The Balaban J connectivity index is 1.59. The van der Waals surface area contributed by atoms with E-state index in [0.717, 1.165) is 30.6 Å². The monoisotopic (exact) mass is 387 g/mol. The Morgan fingerprint density at radius 3 is 2.75 bits per heavy atom. The molecule has 0 atom stereocenters. The van der Waals surface area contributed by atoms with Gasteiger partial charge in [0.15, 0.2) is 5.82 Å². The maximum absolute atomic E-state index is 13.6. The minimum Gasteiger partial charge on any atom is -0.460 e. The van der Waals surface area contributed by atoms with Crippen molar-refractivity contribution in [2.45, 2.75) is 59.0 Å². The van der Waals surface area contributed by atoms with Gasteiger partial charge < -0.3 is 10.1 Å². The SMILES string of the molecule is Cc1nnc2c(NCCCCCC(=O)OC(C)(C)C)nc3cc(F)ccc3n12. The Morgan fingerprint density at radius 2 is 2.00 bits per heavy atom. The molecule has 0 unspecified atom stereocenters. The van der Waals surface area contributed by atoms with Gasteiger partial charge in [0.25, 0.3) is 0 Å². The number of nitrogens with one attached hydrogen (secondary N) is 1. The third kappa shape index (κ3) is 4.74. The van der Waals surface area contributed by atoms with E-state index in [4.69, 9.17) is 4.74 Å². The molecule has 0 bridgehead atoms. The lowest BCUT2D eigenvalue weighted by atomic mass is 10.1. The number of benzene rings is 1. The molecule has 0 aliphatic rings. The quantitative estimate of drug-likeness (QED) is 0.487. The Morgan fingerprint density at radius 1 is 1.21 bits per heavy atom. The van der Waals surface area contributed by atoms with Crippen molar-refractivity contribution in [1.82, 2.24) is 19.6 Å². The summed E-state index contributed by atoms with van der Waals surface area (Å²) in [6.07, 6.45) is 2.94. The van der Waals surface area contributed by atoms with Gasteiger partial charge in [0, 0.05) is 19.0 Å². The van der Waals surface area contributed by atoms with Crippen LogP contribution in [0.1, 0.15) is 52.3 Å². The summed E-state index contributed by atoms with van der Waals surface area (Å²) in [5.74, 6) is 0.790. The number of aromatic nitrogens is 4. The van der Waals surface area contributed by atoms with Crippen molar-refractivity contribution in [3.05, 3.63) is 29.8 Å². The zero-order chi connectivity index (χ0) is 20.3. The summed E-state index contributed by atoms with van der Waals surface area (Å²) in [6.45, 7) is 8.12. The van der Waals surface area contributed by atoms with E-state index >= 15 is 0 Å². The van der Waals surface area contributed by atoms with Gasteiger partial charge in [-0.1, -0.05) is 6.42 Å². The van der Waals surface area contributed by atoms with Crippen molar-refractivity contribution in [3.8, 4) is 0 Å². The molecular formula is C20H26FN5O2. The Hall–Kier alpha value is -2.77. The number of aryl methyl sites for hydroxylation is 1. The van der Waals surface area contributed by atoms with Gasteiger partial charge in [-0.25, -0.2) is 9.37 Å². The first-order chi connectivity index (χ1) is 13.2. The lowest BCUT2D eigenvalue weighted by Gasteiger charge is -2.19. The Bertz CT molecular complexity index is 994. The molecule has 2 aromatic heterocycles. The maximum Gasteiger partial charge on any atom is 0.306 e. The zero-order valence-corrected chi connectivity index (χ0v) is 16.8. The van der Waals surface area contributed by atoms with Gasteiger partial charge in [-0.3, -0.25) is 9.20 Å². The molecule has 0 spiro atoms. The van der Waals surface area contributed by atoms with Gasteiger partial charge in [-0.05, 0) is 52.7 Å². The van der Waals surface area contributed by atoms with Crippen LogP contribution < -0.4 is 5.32 Å². The first-order valence-electron chi connectivity index (χ1n) is 9.51. The first kappa shape index (κ1) is 20.0. The van der Waals surface area contributed by atoms with Crippen molar-refractivity contribution >= 4 is 28.5 Å².